The number of nitrogens with zero attached hydrogens (tertiary/aromatic N) is 4. The van der Waals surface area contributed by atoms with Crippen LogP contribution in [0.4, 0.5) is 20.7 Å². The fourth-order valence-electron chi connectivity index (χ4n) is 4.54. The molecule has 3 aromatic rings. The van der Waals surface area contributed by atoms with Crippen LogP contribution < -0.4 is 15.1 Å². The van der Waals surface area contributed by atoms with Gasteiger partial charge in [-0.05, 0) is 48.6 Å². The number of piperidine rings is 1. The van der Waals surface area contributed by atoms with Crippen molar-refractivity contribution in [2.75, 3.05) is 49.7 Å². The van der Waals surface area contributed by atoms with Crippen LogP contribution in [0, 0.1) is 12.7 Å². The predicted octanol–water partition coefficient (Wildman–Crippen LogP) is 4.95. The molecule has 2 aliphatic heterocycles. The second kappa shape index (κ2) is 10.8. The highest BCUT2D eigenvalue weighted by atomic mass is 19.1. The van der Waals surface area contributed by atoms with E-state index in [1.54, 1.807) is 18.0 Å². The fraction of sp³-hybridized carbons (Fsp3) is 0.370. The van der Waals surface area contributed by atoms with Crippen LogP contribution in [0.15, 0.2) is 47.6 Å². The van der Waals surface area contributed by atoms with Crippen molar-refractivity contribution in [3.05, 3.63) is 59.4 Å². The molecule has 5 rings (SSSR count). The zero-order chi connectivity index (χ0) is 24.9. The van der Waals surface area contributed by atoms with Gasteiger partial charge in [-0.1, -0.05) is 36.4 Å². The largest absolute Gasteiger partial charge is 0.475 e. The second-order valence-corrected chi connectivity index (χ2v) is 9.03. The monoisotopic (exact) mass is 491 g/mol. The van der Waals surface area contributed by atoms with Crippen LogP contribution in [-0.4, -0.2) is 61.6 Å². The van der Waals surface area contributed by atoms with Gasteiger partial charge in [-0.3, -0.25) is 5.43 Å². The van der Waals surface area contributed by atoms with Gasteiger partial charge in [-0.15, -0.1) is 0 Å². The Morgan fingerprint density at radius 3 is 2.72 bits per heavy atom. The Kier molecular flexibility index (Phi) is 7.16. The molecule has 2 saturated heterocycles. The number of rotatable bonds is 8. The quantitative estimate of drug-likeness (QED) is 0.355. The van der Waals surface area contributed by atoms with E-state index in [1.165, 1.54) is 0 Å². The Bertz CT molecular complexity index is 1280. The molecule has 2 aliphatic rings. The van der Waals surface area contributed by atoms with E-state index in [0.29, 0.717) is 31.1 Å². The van der Waals surface area contributed by atoms with E-state index in [2.05, 4.69) is 21.6 Å². The summed E-state index contributed by atoms with van der Waals surface area (Å²) in [6, 6.07) is 14.1. The number of aromatic nitrogens is 1. The molecule has 188 valence electrons. The molecule has 8 nitrogen and oxygen atoms in total. The van der Waals surface area contributed by atoms with Gasteiger partial charge in [-0.2, -0.15) is 10.1 Å². The topological polar surface area (TPSA) is 79.3 Å². The summed E-state index contributed by atoms with van der Waals surface area (Å²) in [6.07, 6.45) is 4.43. The summed E-state index contributed by atoms with van der Waals surface area (Å²) >= 11 is 0. The summed E-state index contributed by atoms with van der Waals surface area (Å²) in [5.41, 5.74) is 4.56. The molecule has 0 unspecified atom stereocenters. The smallest absolute Gasteiger partial charge is 0.410 e. The third-order valence-electron chi connectivity index (χ3n) is 6.58. The molecule has 9 heteroatoms. The maximum absolute atomic E-state index is 15.7. The Morgan fingerprint density at radius 2 is 1.94 bits per heavy atom. The summed E-state index contributed by atoms with van der Waals surface area (Å²) < 4.78 is 26.6. The average molecular weight is 492 g/mol. The number of hydrazone groups is 1. The Balaban J connectivity index is 1.38. The SMILES string of the molecule is Cc1c(OCCN2CCOC2=O)nc(N2CCCCC2)c(F)c1N/N=C/c1ccc2ccccc2c1. The predicted molar refractivity (Wildman–Crippen MR) is 139 cm³/mol. The van der Waals surface area contributed by atoms with E-state index in [9.17, 15) is 4.79 Å². The van der Waals surface area contributed by atoms with E-state index in [4.69, 9.17) is 9.47 Å². The minimum Gasteiger partial charge on any atom is -0.475 e. The standard InChI is InChI=1S/C27H30FN5O3/c1-19-24(31-29-18-20-9-10-21-7-3-4-8-22(21)17-20)23(28)25(32-11-5-2-6-12-32)30-26(19)35-15-13-33-14-16-36-27(33)34/h3-4,7-10,17-18H,2,5-6,11-16H2,1H3,(H,30,31)/b29-18+. The van der Waals surface area contributed by atoms with E-state index < -0.39 is 5.82 Å². The molecule has 3 heterocycles. The van der Waals surface area contributed by atoms with E-state index in [1.807, 2.05) is 41.3 Å². The number of ether oxygens (including phenoxy) is 2. The lowest BCUT2D eigenvalue weighted by Gasteiger charge is -2.29. The molecule has 2 aromatic carbocycles. The van der Waals surface area contributed by atoms with E-state index >= 15 is 4.39 Å². The molecule has 0 bridgehead atoms. The van der Waals surface area contributed by atoms with Crippen LogP contribution >= 0.6 is 0 Å². The highest BCUT2D eigenvalue weighted by Gasteiger charge is 2.25. The van der Waals surface area contributed by atoms with Gasteiger partial charge in [-0.25, -0.2) is 9.18 Å². The number of amides is 1. The Labute approximate surface area is 209 Å². The molecule has 0 aliphatic carbocycles. The summed E-state index contributed by atoms with van der Waals surface area (Å²) in [7, 11) is 0. The number of cyclic esters (lactones) is 1. The highest BCUT2D eigenvalue weighted by Crippen LogP contribution is 2.34. The van der Waals surface area contributed by atoms with Crippen LogP contribution in [0.25, 0.3) is 10.8 Å². The van der Waals surface area contributed by atoms with Gasteiger partial charge in [0.25, 0.3) is 0 Å². The van der Waals surface area contributed by atoms with Crippen molar-refractivity contribution in [2.24, 2.45) is 5.10 Å². The number of nitrogens with one attached hydrogen (secondary N) is 1. The molecular formula is C27H30FN5O3. The van der Waals surface area contributed by atoms with Gasteiger partial charge in [0.1, 0.15) is 18.9 Å². The number of benzene rings is 2. The fourth-order valence-corrected chi connectivity index (χ4v) is 4.54. The summed E-state index contributed by atoms with van der Waals surface area (Å²) in [5.74, 6) is 0.146. The lowest BCUT2D eigenvalue weighted by molar-refractivity contribution is 0.152. The first kappa shape index (κ1) is 23.8. The van der Waals surface area contributed by atoms with Gasteiger partial charge >= 0.3 is 6.09 Å². The van der Waals surface area contributed by atoms with Crippen LogP contribution in [0.2, 0.25) is 0 Å². The number of carbonyl (C=O) groups is 1. The summed E-state index contributed by atoms with van der Waals surface area (Å²) in [5, 5.41) is 6.59. The van der Waals surface area contributed by atoms with Crippen molar-refractivity contribution < 1.29 is 18.7 Å². The number of hydrogen-bond acceptors (Lipinski definition) is 7. The van der Waals surface area contributed by atoms with Crippen LogP contribution in [-0.2, 0) is 4.74 Å². The molecule has 0 spiro atoms. The molecule has 1 N–H and O–H groups in total. The van der Waals surface area contributed by atoms with Crippen molar-refractivity contribution in [3.63, 3.8) is 0 Å². The first-order chi connectivity index (χ1) is 17.6. The minimum atomic E-state index is -0.444. The third-order valence-corrected chi connectivity index (χ3v) is 6.58. The van der Waals surface area contributed by atoms with E-state index in [-0.39, 0.29) is 24.2 Å². The molecular weight excluding hydrogens is 461 g/mol. The molecule has 0 saturated carbocycles. The molecule has 36 heavy (non-hydrogen) atoms. The van der Waals surface area contributed by atoms with Crippen LogP contribution in [0.1, 0.15) is 30.4 Å². The van der Waals surface area contributed by atoms with Gasteiger partial charge < -0.3 is 19.3 Å². The summed E-state index contributed by atoms with van der Waals surface area (Å²) in [6.45, 7) is 4.76. The molecule has 0 atom stereocenters. The third kappa shape index (κ3) is 5.19. The van der Waals surface area contributed by atoms with Gasteiger partial charge in [0.15, 0.2) is 11.6 Å². The number of fused-ring (bicyclic) bond motifs is 1. The van der Waals surface area contributed by atoms with Crippen molar-refractivity contribution in [3.8, 4) is 5.88 Å². The Morgan fingerprint density at radius 1 is 1.14 bits per heavy atom. The number of pyridine rings is 1. The number of hydrogen-bond donors (Lipinski definition) is 1. The highest BCUT2D eigenvalue weighted by molar-refractivity contribution is 5.90. The van der Waals surface area contributed by atoms with Crippen molar-refractivity contribution in [1.29, 1.82) is 0 Å². The maximum atomic E-state index is 15.7. The minimum absolute atomic E-state index is 0.230. The first-order valence-electron chi connectivity index (χ1n) is 12.4. The van der Waals surface area contributed by atoms with E-state index in [0.717, 1.165) is 48.7 Å². The van der Waals surface area contributed by atoms with Crippen molar-refractivity contribution >= 4 is 34.6 Å². The normalized spacial score (nSPS) is 16.1. The lowest BCUT2D eigenvalue weighted by Crippen LogP contribution is -2.32. The number of halogens is 1. The molecule has 0 radical (unpaired) electrons. The number of carbonyl (C=O) groups excluding carboxylic acids is 1. The lowest BCUT2D eigenvalue weighted by atomic mass is 10.1. The van der Waals surface area contributed by atoms with Gasteiger partial charge in [0.05, 0.1) is 19.3 Å². The van der Waals surface area contributed by atoms with Crippen LogP contribution in [0.5, 0.6) is 5.88 Å². The van der Waals surface area contributed by atoms with Gasteiger partial charge in [0.2, 0.25) is 5.88 Å². The zero-order valence-corrected chi connectivity index (χ0v) is 20.4. The Hall–Kier alpha value is -3.88. The number of anilines is 2. The molecule has 2 fully saturated rings. The summed E-state index contributed by atoms with van der Waals surface area (Å²) in [4.78, 5) is 19.8. The van der Waals surface area contributed by atoms with Crippen molar-refractivity contribution in [2.45, 2.75) is 26.2 Å². The molecule has 1 amide bonds. The molecule has 1 aromatic heterocycles. The van der Waals surface area contributed by atoms with Crippen LogP contribution in [0.3, 0.4) is 0 Å². The second-order valence-electron chi connectivity index (χ2n) is 9.03. The maximum Gasteiger partial charge on any atom is 0.410 e. The zero-order valence-electron chi connectivity index (χ0n) is 20.4. The van der Waals surface area contributed by atoms with Gasteiger partial charge in [0, 0.05) is 18.7 Å². The van der Waals surface area contributed by atoms with Crippen molar-refractivity contribution in [1.82, 2.24) is 9.88 Å². The average Bonchev–Trinajstić information content (AvgIpc) is 3.32. The first-order valence-corrected chi connectivity index (χ1v) is 12.4.